The molecule has 3 rings (SSSR count). The van der Waals surface area contributed by atoms with Crippen LogP contribution >= 0.6 is 11.6 Å². The number of hydrogen-bond acceptors (Lipinski definition) is 4. The van der Waals surface area contributed by atoms with Crippen molar-refractivity contribution in [2.24, 2.45) is 0 Å². The van der Waals surface area contributed by atoms with Gasteiger partial charge in [0.15, 0.2) is 0 Å². The fourth-order valence-electron chi connectivity index (χ4n) is 2.32. The SMILES string of the molecule is N#Cc1ccccc1Nc1ccc(C(=O)NCc2ccc(Cl)cc2)nc1. The number of amides is 1. The maximum Gasteiger partial charge on any atom is 0.270 e. The first-order chi connectivity index (χ1) is 12.7. The average molecular weight is 363 g/mol. The molecule has 0 saturated carbocycles. The van der Waals surface area contributed by atoms with Crippen LogP contribution in [0.15, 0.2) is 66.9 Å². The quantitative estimate of drug-likeness (QED) is 0.710. The summed E-state index contributed by atoms with van der Waals surface area (Å²) in [6.45, 7) is 0.396. The molecule has 0 aliphatic rings. The van der Waals surface area contributed by atoms with Crippen LogP contribution in [0.1, 0.15) is 21.6 Å². The third kappa shape index (κ3) is 4.38. The van der Waals surface area contributed by atoms with E-state index in [-0.39, 0.29) is 5.91 Å². The van der Waals surface area contributed by atoms with Crippen LogP contribution in [0.4, 0.5) is 11.4 Å². The minimum Gasteiger partial charge on any atom is -0.353 e. The van der Waals surface area contributed by atoms with Crippen molar-refractivity contribution in [2.45, 2.75) is 6.54 Å². The van der Waals surface area contributed by atoms with Crippen LogP contribution in [0, 0.1) is 11.3 Å². The van der Waals surface area contributed by atoms with Crippen LogP contribution in [0.25, 0.3) is 0 Å². The summed E-state index contributed by atoms with van der Waals surface area (Å²) in [5.41, 5.74) is 3.20. The van der Waals surface area contributed by atoms with Crippen LogP contribution in [-0.4, -0.2) is 10.9 Å². The third-order valence-corrected chi connectivity index (χ3v) is 3.94. The number of nitrogens with zero attached hydrogens (tertiary/aromatic N) is 2. The summed E-state index contributed by atoms with van der Waals surface area (Å²) in [7, 11) is 0. The first-order valence-corrected chi connectivity index (χ1v) is 8.28. The van der Waals surface area contributed by atoms with Crippen LogP contribution < -0.4 is 10.6 Å². The summed E-state index contributed by atoms with van der Waals surface area (Å²) >= 11 is 5.84. The number of rotatable bonds is 5. The number of aromatic nitrogens is 1. The number of hydrogen-bond donors (Lipinski definition) is 2. The Hall–Kier alpha value is -3.36. The first kappa shape index (κ1) is 17.5. The summed E-state index contributed by atoms with van der Waals surface area (Å²) in [5.74, 6) is -0.260. The van der Waals surface area contributed by atoms with Gasteiger partial charge < -0.3 is 10.6 Å². The highest BCUT2D eigenvalue weighted by molar-refractivity contribution is 6.30. The Bertz CT molecular complexity index is 947. The zero-order valence-corrected chi connectivity index (χ0v) is 14.5. The normalized spacial score (nSPS) is 10.0. The van der Waals surface area contributed by atoms with E-state index in [2.05, 4.69) is 21.7 Å². The summed E-state index contributed by atoms with van der Waals surface area (Å²) in [6.07, 6.45) is 1.56. The third-order valence-electron chi connectivity index (χ3n) is 3.69. The molecule has 0 bridgehead atoms. The number of carbonyl (C=O) groups is 1. The van der Waals surface area contributed by atoms with Gasteiger partial charge in [-0.05, 0) is 42.0 Å². The second-order valence-electron chi connectivity index (χ2n) is 5.52. The van der Waals surface area contributed by atoms with Gasteiger partial charge in [-0.1, -0.05) is 35.9 Å². The molecule has 0 spiro atoms. The zero-order valence-electron chi connectivity index (χ0n) is 13.7. The number of para-hydroxylation sites is 1. The van der Waals surface area contributed by atoms with Crippen LogP contribution in [0.3, 0.4) is 0 Å². The predicted octanol–water partition coefficient (Wildman–Crippen LogP) is 4.28. The van der Waals surface area contributed by atoms with Crippen LogP contribution in [0.5, 0.6) is 0 Å². The molecule has 1 amide bonds. The molecule has 26 heavy (non-hydrogen) atoms. The van der Waals surface area contributed by atoms with Gasteiger partial charge in [0, 0.05) is 11.6 Å². The lowest BCUT2D eigenvalue weighted by Crippen LogP contribution is -2.23. The van der Waals surface area contributed by atoms with E-state index in [0.29, 0.717) is 34.2 Å². The molecule has 2 aromatic carbocycles. The predicted molar refractivity (Wildman–Crippen MR) is 101 cm³/mol. The van der Waals surface area contributed by atoms with Gasteiger partial charge in [-0.15, -0.1) is 0 Å². The van der Waals surface area contributed by atoms with E-state index in [1.165, 1.54) is 0 Å². The standard InChI is InChI=1S/C20H15ClN4O/c21-16-7-5-14(6-8-16)12-24-20(26)19-10-9-17(13-23-19)25-18-4-2-1-3-15(18)11-22/h1-10,13,25H,12H2,(H,24,26). The maximum atomic E-state index is 12.2. The van der Waals surface area contributed by atoms with E-state index in [0.717, 1.165) is 5.56 Å². The minimum absolute atomic E-state index is 0.260. The van der Waals surface area contributed by atoms with Gasteiger partial charge in [0.1, 0.15) is 11.8 Å². The van der Waals surface area contributed by atoms with Gasteiger partial charge in [-0.3, -0.25) is 4.79 Å². The Morgan fingerprint density at radius 1 is 1.08 bits per heavy atom. The number of nitrogens with one attached hydrogen (secondary N) is 2. The minimum atomic E-state index is -0.260. The van der Waals surface area contributed by atoms with Crippen molar-refractivity contribution in [3.63, 3.8) is 0 Å². The van der Waals surface area contributed by atoms with Gasteiger partial charge in [0.25, 0.3) is 5.91 Å². The second kappa shape index (κ2) is 8.15. The zero-order chi connectivity index (χ0) is 18.4. The highest BCUT2D eigenvalue weighted by Crippen LogP contribution is 2.19. The fraction of sp³-hybridized carbons (Fsp3) is 0.0500. The van der Waals surface area contributed by atoms with E-state index in [1.54, 1.807) is 42.6 Å². The molecule has 0 atom stereocenters. The van der Waals surface area contributed by atoms with Gasteiger partial charge >= 0.3 is 0 Å². The van der Waals surface area contributed by atoms with Crippen LogP contribution in [-0.2, 0) is 6.54 Å². The molecule has 128 valence electrons. The lowest BCUT2D eigenvalue weighted by Gasteiger charge is -2.09. The van der Waals surface area contributed by atoms with Gasteiger partial charge in [-0.2, -0.15) is 5.26 Å². The molecule has 0 saturated heterocycles. The molecule has 0 aliphatic carbocycles. The Labute approximate surface area is 156 Å². The van der Waals surface area contributed by atoms with Gasteiger partial charge in [0.2, 0.25) is 0 Å². The highest BCUT2D eigenvalue weighted by atomic mass is 35.5. The molecule has 0 aliphatic heterocycles. The monoisotopic (exact) mass is 362 g/mol. The fourth-order valence-corrected chi connectivity index (χ4v) is 2.45. The van der Waals surface area contributed by atoms with Gasteiger partial charge in [0.05, 0.1) is 23.1 Å². The number of anilines is 2. The summed E-state index contributed by atoms with van der Waals surface area (Å²) in [6, 6.07) is 20.0. The first-order valence-electron chi connectivity index (χ1n) is 7.90. The smallest absolute Gasteiger partial charge is 0.270 e. The second-order valence-corrected chi connectivity index (χ2v) is 5.96. The number of carbonyl (C=O) groups excluding carboxylic acids is 1. The molecule has 0 radical (unpaired) electrons. The van der Waals surface area contributed by atoms with Crippen molar-refractivity contribution in [1.82, 2.24) is 10.3 Å². The Balaban J connectivity index is 1.62. The molecule has 0 unspecified atom stereocenters. The van der Waals surface area contributed by atoms with E-state index in [9.17, 15) is 4.79 Å². The summed E-state index contributed by atoms with van der Waals surface area (Å²) < 4.78 is 0. The molecule has 1 heterocycles. The lowest BCUT2D eigenvalue weighted by molar-refractivity contribution is 0.0946. The Morgan fingerprint density at radius 2 is 1.85 bits per heavy atom. The van der Waals surface area contributed by atoms with Crippen molar-refractivity contribution in [2.75, 3.05) is 5.32 Å². The lowest BCUT2D eigenvalue weighted by atomic mass is 10.2. The van der Waals surface area contributed by atoms with E-state index in [1.807, 2.05) is 24.3 Å². The van der Waals surface area contributed by atoms with Crippen molar-refractivity contribution >= 4 is 28.9 Å². The molecule has 3 aromatic rings. The van der Waals surface area contributed by atoms with Crippen molar-refractivity contribution in [1.29, 1.82) is 5.26 Å². The highest BCUT2D eigenvalue weighted by Gasteiger charge is 2.08. The van der Waals surface area contributed by atoms with E-state index >= 15 is 0 Å². The van der Waals surface area contributed by atoms with Crippen molar-refractivity contribution < 1.29 is 4.79 Å². The topological polar surface area (TPSA) is 77.8 Å². The van der Waals surface area contributed by atoms with Crippen molar-refractivity contribution in [3.05, 3.63) is 88.7 Å². The molecular formula is C20H15ClN4O. The molecule has 5 nitrogen and oxygen atoms in total. The Kier molecular flexibility index (Phi) is 5.47. The molecule has 2 N–H and O–H groups in total. The Morgan fingerprint density at radius 3 is 2.54 bits per heavy atom. The number of pyridine rings is 1. The summed E-state index contributed by atoms with van der Waals surface area (Å²) in [4.78, 5) is 16.4. The average Bonchev–Trinajstić information content (AvgIpc) is 2.68. The number of benzene rings is 2. The molecule has 6 heteroatoms. The molecule has 0 fully saturated rings. The van der Waals surface area contributed by atoms with Crippen LogP contribution in [0.2, 0.25) is 5.02 Å². The van der Waals surface area contributed by atoms with E-state index in [4.69, 9.17) is 16.9 Å². The molecule has 1 aromatic heterocycles. The number of nitriles is 1. The molecular weight excluding hydrogens is 348 g/mol. The maximum absolute atomic E-state index is 12.2. The van der Waals surface area contributed by atoms with Crippen molar-refractivity contribution in [3.8, 4) is 6.07 Å². The largest absolute Gasteiger partial charge is 0.353 e. The van der Waals surface area contributed by atoms with Gasteiger partial charge in [-0.25, -0.2) is 4.98 Å². The summed E-state index contributed by atoms with van der Waals surface area (Å²) in [5, 5.41) is 15.7. The van der Waals surface area contributed by atoms with E-state index < -0.39 is 0 Å². The number of halogens is 1.